The molecule has 3 rings (SSSR count). The van der Waals surface area contributed by atoms with E-state index < -0.39 is 5.60 Å². The summed E-state index contributed by atoms with van der Waals surface area (Å²) >= 11 is 15.5. The maximum atomic E-state index is 11.6. The van der Waals surface area contributed by atoms with Crippen molar-refractivity contribution in [1.29, 1.82) is 0 Å². The Hall–Kier alpha value is 16.7. The van der Waals surface area contributed by atoms with E-state index in [1.807, 2.05) is 22.9 Å². The number of hydrogen-bond donors (Lipinski definition) is 1. The van der Waals surface area contributed by atoms with Crippen LogP contribution in [0.2, 0.25) is 0 Å². The second-order valence-corrected chi connectivity index (χ2v) is 6.97. The van der Waals surface area contributed by atoms with Crippen LogP contribution >= 0.6 is 11.6 Å². The summed E-state index contributed by atoms with van der Waals surface area (Å²) in [5.74, 6) is 0.665. The average molecular weight is 1170 g/mol. The maximum absolute atomic E-state index is 11.6. The first kappa shape index (κ1) is 55.5. The van der Waals surface area contributed by atoms with E-state index in [1.165, 1.54) is 5.56 Å². The molecule has 3 atom stereocenters. The molecule has 1 fully saturated rings. The molecule has 3 nitrogen and oxygen atoms in total. The summed E-state index contributed by atoms with van der Waals surface area (Å²) in [6, 6.07) is 11.1. The van der Waals surface area contributed by atoms with Crippen LogP contribution in [-0.2, 0) is 13.0 Å². The van der Waals surface area contributed by atoms with E-state index >= 15 is 0 Å². The Morgan fingerprint density at radius 2 is 1.66 bits per heavy atom. The number of aromatic nitrogens is 2. The van der Waals surface area contributed by atoms with Crippen molar-refractivity contribution in [2.75, 3.05) is 5.88 Å². The van der Waals surface area contributed by atoms with Gasteiger partial charge in [-0.15, -0.1) is 11.6 Å². The molecule has 0 radical (unpaired) electrons. The topological polar surface area (TPSA) is 38.0 Å². The van der Waals surface area contributed by atoms with Gasteiger partial charge >= 0.3 is 387 Å². The van der Waals surface area contributed by atoms with E-state index in [0.29, 0.717) is 12.4 Å². The summed E-state index contributed by atoms with van der Waals surface area (Å²) in [6.45, 7) is 2.65. The van der Waals surface area contributed by atoms with Crippen LogP contribution < -0.4 is 116 Å². The third-order valence-corrected chi connectivity index (χ3v) is 5.90. The van der Waals surface area contributed by atoms with Crippen molar-refractivity contribution in [3.8, 4) is 0 Å². The second kappa shape index (κ2) is 39.0. The van der Waals surface area contributed by atoms with Crippen molar-refractivity contribution in [2.45, 2.75) is 38.3 Å². The van der Waals surface area contributed by atoms with Gasteiger partial charge in [-0.25, -0.2) is 4.98 Å². The van der Waals surface area contributed by atoms with Gasteiger partial charge in [0.2, 0.25) is 0 Å². The molecule has 1 aromatic heterocycles. The Morgan fingerprint density at radius 3 is 2.09 bits per heavy atom. The van der Waals surface area contributed by atoms with Crippen LogP contribution in [0.15, 0.2) is 43.0 Å². The zero-order valence-electron chi connectivity index (χ0n) is 23.9. The Bertz CT molecular complexity index is 636. The number of aliphatic hydroxyl groups is 1. The standard InChI is InChI=1S/C18H22ClN2O.10Rb.H/c1-17(12-19)8-7-16(11-15-5-3-2-4-6-15)18(17,22)13-21-10-9-20-14-21;;;;;;;;;;;/h3-6,9-10,14,16,22H,7-8,11-13H2,1H3;;;;;;;;;;;/q-1;;;;;;;;;2*+1;-1. The number of nitrogens with zero attached hydrogens (tertiary/aromatic N) is 2. The summed E-state index contributed by atoms with van der Waals surface area (Å²) in [6.07, 6.45) is 8.22. The minimum atomic E-state index is -0.824. The zero-order chi connectivity index (χ0) is 23.6. The van der Waals surface area contributed by atoms with E-state index in [0.717, 1.165) is 290 Å². The molecule has 0 bridgehead atoms. The molecule has 2 aromatic rings. The predicted octanol–water partition coefficient (Wildman–Crippen LogP) is -5.61. The molecule has 1 aliphatic carbocycles. The Balaban J connectivity index is -0.000000216. The Morgan fingerprint density at radius 1 is 1.12 bits per heavy atom. The monoisotopic (exact) mass is 1170 g/mol. The van der Waals surface area contributed by atoms with E-state index in [-0.39, 0.29) is 129 Å². The first-order valence-corrected chi connectivity index (χ1v) is 148. The van der Waals surface area contributed by atoms with Gasteiger partial charge in [-0.3, -0.25) is 0 Å². The summed E-state index contributed by atoms with van der Waals surface area (Å²) in [4.78, 5) is 4.09. The van der Waals surface area contributed by atoms with Crippen LogP contribution in [0.25, 0.3) is 0 Å². The summed E-state index contributed by atoms with van der Waals surface area (Å²) in [5, 5.41) is 11.6. The number of hydrogen-bond acceptors (Lipinski definition) is 2. The first-order chi connectivity index (χ1) is 14.6. The SMILES string of the molecule is CC1(CCl)CCC(Cc2cc[c-]cc2)C1(O)Cn1ccnc1.[H-].[Rb+].[Rb+].[Rb][Rb].[Rb][Rb].[Rb][Rb].[Rb][Rb]. The molecular formula is C18H23ClN2ORb10. The van der Waals surface area contributed by atoms with E-state index in [2.05, 4.69) is 30.1 Å². The zero-order valence-corrected chi connectivity index (χ0v) is 72.8. The number of benzene rings is 1. The first-order valence-electron chi connectivity index (χ1n) is 11.8. The molecular weight excluding hydrogens is 1150 g/mol. The third kappa shape index (κ3) is 23.3. The molecule has 1 aromatic carbocycles. The van der Waals surface area contributed by atoms with Crippen molar-refractivity contribution >= 4 is 282 Å². The molecule has 0 amide bonds. The Kier molecular flexibility index (Phi) is 67.5. The number of rotatable bonds is 5. The van der Waals surface area contributed by atoms with Crippen LogP contribution in [-0.4, -0.2) is 297 Å². The van der Waals surface area contributed by atoms with Gasteiger partial charge in [0.05, 0.1) is 18.5 Å². The molecule has 0 aliphatic heterocycles. The second-order valence-electron chi connectivity index (χ2n) is 6.70. The molecule has 0 saturated heterocycles. The van der Waals surface area contributed by atoms with E-state index in [1.54, 1.807) is 12.5 Å². The van der Waals surface area contributed by atoms with Gasteiger partial charge < -0.3 is 11.1 Å². The normalized spacial score (nSPS) is 22.7. The van der Waals surface area contributed by atoms with Crippen molar-refractivity contribution in [2.24, 2.45) is 11.3 Å². The van der Waals surface area contributed by atoms with Gasteiger partial charge in [-0.1, -0.05) is 6.92 Å². The van der Waals surface area contributed by atoms with Crippen molar-refractivity contribution in [1.82, 2.24) is 9.55 Å². The number of alkyl halides is 1. The van der Waals surface area contributed by atoms with Gasteiger partial charge in [0.1, 0.15) is 0 Å². The van der Waals surface area contributed by atoms with E-state index in [4.69, 9.17) is 11.6 Å². The Labute approximate surface area is 496 Å². The molecule has 1 saturated carbocycles. The van der Waals surface area contributed by atoms with Crippen LogP contribution in [0.3, 0.4) is 0 Å². The molecule has 3 unspecified atom stereocenters. The van der Waals surface area contributed by atoms with Crippen LogP contribution in [0.5, 0.6) is 0 Å². The van der Waals surface area contributed by atoms with Crippen molar-refractivity contribution in [3.63, 3.8) is 0 Å². The van der Waals surface area contributed by atoms with Crippen molar-refractivity contribution in [3.05, 3.63) is 54.6 Å². The molecule has 32 heavy (non-hydrogen) atoms. The fraction of sp³-hybridized carbons (Fsp3) is 0.500. The van der Waals surface area contributed by atoms with Crippen LogP contribution in [0.1, 0.15) is 26.8 Å². The van der Waals surface area contributed by atoms with Gasteiger partial charge in [0.25, 0.3) is 0 Å². The molecule has 128 valence electrons. The summed E-state index contributed by atoms with van der Waals surface area (Å²) in [7, 11) is 0. The van der Waals surface area contributed by atoms with Gasteiger partial charge in [-0.05, 0) is 25.2 Å². The van der Waals surface area contributed by atoms with Gasteiger partial charge in [-0.2, -0.15) is 35.9 Å². The fourth-order valence-electron chi connectivity index (χ4n) is 3.71. The number of halogens is 1. The molecule has 1 N–H and O–H groups in total. The van der Waals surface area contributed by atoms with Gasteiger partial charge in [0, 0.05) is 23.7 Å². The average Bonchev–Trinajstić information content (AvgIpc) is 3.42. The predicted molar refractivity (Wildman–Crippen MR) is 135 cm³/mol. The van der Waals surface area contributed by atoms with Gasteiger partial charge in [0.15, 0.2) is 0 Å². The summed E-state index contributed by atoms with van der Waals surface area (Å²) in [5.41, 5.74) is 0.144. The third-order valence-electron chi connectivity index (χ3n) is 5.31. The van der Waals surface area contributed by atoms with Crippen LogP contribution in [0.4, 0.5) is 0 Å². The quantitative estimate of drug-likeness (QED) is 0.240. The minimum absolute atomic E-state index is 0. The van der Waals surface area contributed by atoms with Crippen LogP contribution in [0, 0.1) is 17.4 Å². The van der Waals surface area contributed by atoms with Crippen molar-refractivity contribution < 1.29 is 123 Å². The summed E-state index contributed by atoms with van der Waals surface area (Å²) < 4.78 is 1.96. The molecule has 1 aliphatic rings. The number of imidazole rings is 1. The fourth-order valence-corrected chi connectivity index (χ4v) is 4.08. The van der Waals surface area contributed by atoms with E-state index in [9.17, 15) is 5.11 Å². The molecule has 0 spiro atoms. The molecule has 1 heterocycles. The molecule has 14 heteroatoms.